The van der Waals surface area contributed by atoms with Crippen LogP contribution in [-0.2, 0) is 4.79 Å². The number of carbonyl (C=O) groups excluding carboxylic acids is 1. The summed E-state index contributed by atoms with van der Waals surface area (Å²) in [6.45, 7) is 2.34. The van der Waals surface area contributed by atoms with Gasteiger partial charge in [0.1, 0.15) is 6.29 Å². The van der Waals surface area contributed by atoms with E-state index >= 15 is 0 Å². The lowest BCUT2D eigenvalue weighted by atomic mass is 9.77. The molecule has 0 aliphatic heterocycles. The van der Waals surface area contributed by atoms with E-state index in [4.69, 9.17) is 0 Å². The zero-order valence-corrected chi connectivity index (χ0v) is 16.3. The van der Waals surface area contributed by atoms with Crippen molar-refractivity contribution in [1.29, 1.82) is 0 Å². The van der Waals surface area contributed by atoms with Crippen LogP contribution < -0.4 is 0 Å². The van der Waals surface area contributed by atoms with Gasteiger partial charge in [0.25, 0.3) is 0 Å². The maximum atomic E-state index is 10.9. The smallest absolute Gasteiger partial charge is 0.123 e. The highest BCUT2D eigenvalue weighted by Crippen LogP contribution is 2.35. The lowest BCUT2D eigenvalue weighted by Gasteiger charge is -2.29. The summed E-state index contributed by atoms with van der Waals surface area (Å²) in [7, 11) is 0. The van der Waals surface area contributed by atoms with Gasteiger partial charge < -0.3 is 4.79 Å². The molecule has 0 spiro atoms. The Balaban J connectivity index is 1.43. The molecule has 0 bridgehead atoms. The van der Waals surface area contributed by atoms with Crippen molar-refractivity contribution in [2.24, 2.45) is 23.7 Å². The van der Waals surface area contributed by atoms with Crippen LogP contribution in [0.15, 0.2) is 0 Å². The monoisotopic (exact) mass is 334 g/mol. The van der Waals surface area contributed by atoms with Crippen molar-refractivity contribution in [2.45, 2.75) is 116 Å². The summed E-state index contributed by atoms with van der Waals surface area (Å²) in [4.78, 5) is 10.9. The van der Waals surface area contributed by atoms with E-state index in [1.54, 1.807) is 0 Å². The van der Waals surface area contributed by atoms with Crippen molar-refractivity contribution in [3.63, 3.8) is 0 Å². The molecule has 1 nitrogen and oxygen atoms in total. The maximum absolute atomic E-state index is 10.9. The first-order valence-corrected chi connectivity index (χ1v) is 11.3. The van der Waals surface area contributed by atoms with Crippen molar-refractivity contribution >= 4 is 6.29 Å². The molecule has 4 unspecified atom stereocenters. The third-order valence-electron chi connectivity index (χ3n) is 6.83. The van der Waals surface area contributed by atoms with Crippen LogP contribution >= 0.6 is 0 Å². The summed E-state index contributed by atoms with van der Waals surface area (Å²) in [6, 6.07) is 0. The lowest BCUT2D eigenvalue weighted by Crippen LogP contribution is -2.16. The van der Waals surface area contributed by atoms with Gasteiger partial charge in [-0.1, -0.05) is 96.8 Å². The van der Waals surface area contributed by atoms with Gasteiger partial charge in [0.05, 0.1) is 0 Å². The second kappa shape index (κ2) is 12.1. The fourth-order valence-electron chi connectivity index (χ4n) is 5.45. The number of hydrogen-bond donors (Lipinski definition) is 0. The summed E-state index contributed by atoms with van der Waals surface area (Å²) in [5, 5.41) is 0. The Hall–Kier alpha value is -0.330. The summed E-state index contributed by atoms with van der Waals surface area (Å²) >= 11 is 0. The van der Waals surface area contributed by atoms with E-state index in [2.05, 4.69) is 6.92 Å². The summed E-state index contributed by atoms with van der Waals surface area (Å²) in [6.07, 6.45) is 25.2. The molecule has 0 amide bonds. The molecule has 0 saturated heterocycles. The first kappa shape index (κ1) is 20.0. The summed E-state index contributed by atoms with van der Waals surface area (Å²) in [5.41, 5.74) is 0. The molecule has 2 aliphatic rings. The Morgan fingerprint density at radius 2 is 1.25 bits per heavy atom. The van der Waals surface area contributed by atoms with E-state index in [1.165, 1.54) is 109 Å². The minimum atomic E-state index is 0.385. The van der Waals surface area contributed by atoms with E-state index in [-0.39, 0.29) is 0 Å². The fraction of sp³-hybridized carbons (Fsp3) is 0.957. The van der Waals surface area contributed by atoms with Crippen LogP contribution in [-0.4, -0.2) is 6.29 Å². The SMILES string of the molecule is CCCC1CCCC(CCCCCCCC2CCCC(C=O)C2)C1. The highest BCUT2D eigenvalue weighted by molar-refractivity contribution is 5.53. The molecule has 0 aromatic heterocycles. The van der Waals surface area contributed by atoms with Crippen molar-refractivity contribution in [3.05, 3.63) is 0 Å². The van der Waals surface area contributed by atoms with Crippen molar-refractivity contribution < 1.29 is 4.79 Å². The maximum Gasteiger partial charge on any atom is 0.123 e. The van der Waals surface area contributed by atoms with Gasteiger partial charge in [-0.05, 0) is 37.0 Å². The Labute approximate surface area is 151 Å². The van der Waals surface area contributed by atoms with Crippen LogP contribution in [0, 0.1) is 23.7 Å². The highest BCUT2D eigenvalue weighted by Gasteiger charge is 2.21. The molecule has 140 valence electrons. The Bertz CT molecular complexity index is 322. The molecule has 1 heteroatoms. The number of carbonyl (C=O) groups is 1. The second-order valence-electron chi connectivity index (χ2n) is 8.96. The molecule has 4 atom stereocenters. The number of aldehydes is 1. The first-order chi connectivity index (χ1) is 11.8. The van der Waals surface area contributed by atoms with E-state index in [9.17, 15) is 4.79 Å². The fourth-order valence-corrected chi connectivity index (χ4v) is 5.45. The van der Waals surface area contributed by atoms with Crippen molar-refractivity contribution in [2.75, 3.05) is 0 Å². The van der Waals surface area contributed by atoms with E-state index in [0.717, 1.165) is 24.2 Å². The van der Waals surface area contributed by atoms with Crippen LogP contribution in [0.5, 0.6) is 0 Å². The average Bonchev–Trinajstić information content (AvgIpc) is 2.62. The van der Waals surface area contributed by atoms with Crippen LogP contribution in [0.25, 0.3) is 0 Å². The molecule has 0 aromatic rings. The van der Waals surface area contributed by atoms with Crippen LogP contribution in [0.4, 0.5) is 0 Å². The van der Waals surface area contributed by atoms with Gasteiger partial charge in [-0.3, -0.25) is 0 Å². The first-order valence-electron chi connectivity index (χ1n) is 11.3. The Morgan fingerprint density at radius 3 is 1.88 bits per heavy atom. The molecule has 2 aliphatic carbocycles. The van der Waals surface area contributed by atoms with Gasteiger partial charge in [0, 0.05) is 5.92 Å². The molecule has 0 heterocycles. The molecule has 2 rings (SSSR count). The van der Waals surface area contributed by atoms with Crippen LogP contribution in [0.2, 0.25) is 0 Å². The van der Waals surface area contributed by atoms with Crippen LogP contribution in [0.3, 0.4) is 0 Å². The molecule has 0 radical (unpaired) electrons. The molecule has 24 heavy (non-hydrogen) atoms. The number of hydrogen-bond acceptors (Lipinski definition) is 1. The van der Waals surface area contributed by atoms with Crippen molar-refractivity contribution in [1.82, 2.24) is 0 Å². The molecular weight excluding hydrogens is 292 g/mol. The van der Waals surface area contributed by atoms with Gasteiger partial charge in [-0.15, -0.1) is 0 Å². The lowest BCUT2D eigenvalue weighted by molar-refractivity contribution is -0.112. The van der Waals surface area contributed by atoms with E-state index in [1.807, 2.05) is 0 Å². The Kier molecular flexibility index (Phi) is 10.1. The quantitative estimate of drug-likeness (QED) is 0.285. The number of unbranched alkanes of at least 4 members (excludes halogenated alkanes) is 4. The third kappa shape index (κ3) is 7.70. The summed E-state index contributed by atoms with van der Waals surface area (Å²) in [5.74, 6) is 3.35. The minimum absolute atomic E-state index is 0.385. The minimum Gasteiger partial charge on any atom is -0.303 e. The zero-order valence-electron chi connectivity index (χ0n) is 16.3. The molecule has 0 N–H and O–H groups in total. The molecule has 2 fully saturated rings. The second-order valence-corrected chi connectivity index (χ2v) is 8.96. The predicted octanol–water partition coefficient (Wildman–Crippen LogP) is 7.33. The van der Waals surface area contributed by atoms with Crippen LogP contribution in [0.1, 0.15) is 116 Å². The van der Waals surface area contributed by atoms with E-state index < -0.39 is 0 Å². The zero-order chi connectivity index (χ0) is 17.0. The topological polar surface area (TPSA) is 17.1 Å². The largest absolute Gasteiger partial charge is 0.303 e. The van der Waals surface area contributed by atoms with Gasteiger partial charge in [-0.2, -0.15) is 0 Å². The van der Waals surface area contributed by atoms with Gasteiger partial charge in [-0.25, -0.2) is 0 Å². The standard InChI is InChI=1S/C23H42O/c1-2-10-20-13-8-14-21(17-20)11-6-4-3-5-7-12-22-15-9-16-23(18-22)19-24/h19-23H,2-18H2,1H3. The normalized spacial score (nSPS) is 31.0. The highest BCUT2D eigenvalue weighted by atomic mass is 16.1. The van der Waals surface area contributed by atoms with E-state index in [0.29, 0.717) is 5.92 Å². The predicted molar refractivity (Wildman–Crippen MR) is 104 cm³/mol. The van der Waals surface area contributed by atoms with Gasteiger partial charge in [0.2, 0.25) is 0 Å². The third-order valence-corrected chi connectivity index (χ3v) is 6.83. The Morgan fingerprint density at radius 1 is 0.708 bits per heavy atom. The average molecular weight is 335 g/mol. The van der Waals surface area contributed by atoms with Gasteiger partial charge >= 0.3 is 0 Å². The molecule has 2 saturated carbocycles. The molecule has 0 aromatic carbocycles. The molecular formula is C23H42O. The van der Waals surface area contributed by atoms with Crippen molar-refractivity contribution in [3.8, 4) is 0 Å². The number of rotatable bonds is 11. The van der Waals surface area contributed by atoms with Gasteiger partial charge in [0.15, 0.2) is 0 Å². The summed E-state index contributed by atoms with van der Waals surface area (Å²) < 4.78 is 0.